The van der Waals surface area contributed by atoms with Gasteiger partial charge in [-0.15, -0.1) is 0 Å². The molecule has 0 aliphatic heterocycles. The Bertz CT molecular complexity index is 835. The quantitative estimate of drug-likeness (QED) is 0.715. The summed E-state index contributed by atoms with van der Waals surface area (Å²) >= 11 is 0. The number of aryl methyl sites for hydroxylation is 2. The van der Waals surface area contributed by atoms with Crippen LogP contribution in [-0.2, 0) is 4.79 Å². The van der Waals surface area contributed by atoms with Gasteiger partial charge in [0.25, 0.3) is 5.91 Å². The van der Waals surface area contributed by atoms with E-state index in [1.807, 2.05) is 74.5 Å². The minimum atomic E-state index is -0.162. The van der Waals surface area contributed by atoms with E-state index >= 15 is 0 Å². The summed E-state index contributed by atoms with van der Waals surface area (Å²) in [5.74, 6) is 0.515. The molecule has 1 N–H and O–H groups in total. The third-order valence-corrected chi connectivity index (χ3v) is 4.08. The van der Waals surface area contributed by atoms with Gasteiger partial charge in [-0.1, -0.05) is 60.7 Å². The van der Waals surface area contributed by atoms with Gasteiger partial charge in [0.1, 0.15) is 5.75 Å². The highest BCUT2D eigenvalue weighted by molar-refractivity contribution is 5.93. The molecule has 0 aliphatic carbocycles. The van der Waals surface area contributed by atoms with Crippen molar-refractivity contribution in [3.63, 3.8) is 0 Å². The second kappa shape index (κ2) is 7.67. The van der Waals surface area contributed by atoms with Crippen LogP contribution in [0.5, 0.6) is 5.75 Å². The van der Waals surface area contributed by atoms with Crippen molar-refractivity contribution in [3.05, 3.63) is 83.9 Å². The first-order valence-corrected chi connectivity index (χ1v) is 8.28. The van der Waals surface area contributed by atoms with Crippen LogP contribution in [0, 0.1) is 13.8 Å². The standard InChI is InChI=1S/C22H21NO2/c1-16-7-6-8-17(2)22(16)23-21(24)15-25-20-13-11-19(12-14-20)18-9-4-3-5-10-18/h3-14H,15H2,1-2H3,(H,23,24). The number of ether oxygens (including phenoxy) is 1. The average molecular weight is 331 g/mol. The van der Waals surface area contributed by atoms with Crippen LogP contribution in [0.2, 0.25) is 0 Å². The summed E-state index contributed by atoms with van der Waals surface area (Å²) in [5.41, 5.74) is 5.21. The maximum atomic E-state index is 12.1. The van der Waals surface area contributed by atoms with Crippen molar-refractivity contribution >= 4 is 11.6 Å². The van der Waals surface area contributed by atoms with Crippen LogP contribution < -0.4 is 10.1 Å². The molecule has 3 nitrogen and oxygen atoms in total. The van der Waals surface area contributed by atoms with E-state index in [1.54, 1.807) is 0 Å². The maximum absolute atomic E-state index is 12.1. The molecule has 0 radical (unpaired) electrons. The molecule has 126 valence electrons. The van der Waals surface area contributed by atoms with Crippen LogP contribution in [0.3, 0.4) is 0 Å². The molecule has 0 heterocycles. The van der Waals surface area contributed by atoms with Gasteiger partial charge in [0.15, 0.2) is 6.61 Å². The fraction of sp³-hybridized carbons (Fsp3) is 0.136. The highest BCUT2D eigenvalue weighted by Crippen LogP contribution is 2.22. The van der Waals surface area contributed by atoms with Gasteiger partial charge in [-0.2, -0.15) is 0 Å². The topological polar surface area (TPSA) is 38.3 Å². The molecular weight excluding hydrogens is 310 g/mol. The molecule has 3 aromatic rings. The van der Waals surface area contributed by atoms with Crippen LogP contribution in [0.1, 0.15) is 11.1 Å². The number of nitrogens with one attached hydrogen (secondary N) is 1. The number of benzene rings is 3. The lowest BCUT2D eigenvalue weighted by molar-refractivity contribution is -0.118. The van der Waals surface area contributed by atoms with Gasteiger partial charge in [0.2, 0.25) is 0 Å². The fourth-order valence-electron chi connectivity index (χ4n) is 2.71. The number of carbonyl (C=O) groups excluding carboxylic acids is 1. The molecule has 0 unspecified atom stereocenters. The van der Waals surface area contributed by atoms with Gasteiger partial charge in [0, 0.05) is 5.69 Å². The maximum Gasteiger partial charge on any atom is 0.262 e. The predicted octanol–water partition coefficient (Wildman–Crippen LogP) is 4.99. The van der Waals surface area contributed by atoms with Gasteiger partial charge in [-0.3, -0.25) is 4.79 Å². The third kappa shape index (κ3) is 4.27. The number of anilines is 1. The lowest BCUT2D eigenvalue weighted by Gasteiger charge is -2.12. The second-order valence-corrected chi connectivity index (χ2v) is 5.99. The normalized spacial score (nSPS) is 10.3. The van der Waals surface area contributed by atoms with E-state index in [0.717, 1.165) is 27.9 Å². The number of hydrogen-bond acceptors (Lipinski definition) is 2. The molecular formula is C22H21NO2. The lowest BCUT2D eigenvalue weighted by Crippen LogP contribution is -2.21. The minimum absolute atomic E-state index is 0.0154. The van der Waals surface area contributed by atoms with Gasteiger partial charge in [-0.05, 0) is 48.2 Å². The average Bonchev–Trinajstić information content (AvgIpc) is 2.64. The van der Waals surface area contributed by atoms with E-state index in [-0.39, 0.29) is 12.5 Å². The van der Waals surface area contributed by atoms with Gasteiger partial charge < -0.3 is 10.1 Å². The summed E-state index contributed by atoms with van der Waals surface area (Å²) in [6, 6.07) is 23.8. The van der Waals surface area contributed by atoms with Crippen molar-refractivity contribution in [3.8, 4) is 16.9 Å². The molecule has 0 aliphatic rings. The van der Waals surface area contributed by atoms with Gasteiger partial charge in [-0.25, -0.2) is 0 Å². The zero-order chi connectivity index (χ0) is 17.6. The monoisotopic (exact) mass is 331 g/mol. The fourth-order valence-corrected chi connectivity index (χ4v) is 2.71. The van der Waals surface area contributed by atoms with E-state index in [4.69, 9.17) is 4.74 Å². The van der Waals surface area contributed by atoms with Crippen molar-refractivity contribution in [1.29, 1.82) is 0 Å². The zero-order valence-electron chi connectivity index (χ0n) is 14.5. The summed E-state index contributed by atoms with van der Waals surface area (Å²) in [6.07, 6.45) is 0. The lowest BCUT2D eigenvalue weighted by atomic mass is 10.1. The van der Waals surface area contributed by atoms with Gasteiger partial charge >= 0.3 is 0 Å². The van der Waals surface area contributed by atoms with Crippen molar-refractivity contribution in [1.82, 2.24) is 0 Å². The van der Waals surface area contributed by atoms with Crippen LogP contribution >= 0.6 is 0 Å². The minimum Gasteiger partial charge on any atom is -0.484 e. The molecule has 3 heteroatoms. The Morgan fingerprint density at radius 2 is 1.40 bits per heavy atom. The molecule has 3 rings (SSSR count). The van der Waals surface area contributed by atoms with E-state index in [1.165, 1.54) is 0 Å². The van der Waals surface area contributed by atoms with E-state index in [9.17, 15) is 4.79 Å². The molecule has 0 bridgehead atoms. The largest absolute Gasteiger partial charge is 0.484 e. The first-order valence-electron chi connectivity index (χ1n) is 8.28. The highest BCUT2D eigenvalue weighted by atomic mass is 16.5. The summed E-state index contributed by atoms with van der Waals surface area (Å²) in [5, 5.41) is 2.92. The number of carbonyl (C=O) groups is 1. The SMILES string of the molecule is Cc1cccc(C)c1NC(=O)COc1ccc(-c2ccccc2)cc1. The molecule has 1 amide bonds. The van der Waals surface area contributed by atoms with E-state index < -0.39 is 0 Å². The van der Waals surface area contributed by atoms with Crippen LogP contribution in [0.25, 0.3) is 11.1 Å². The summed E-state index contributed by atoms with van der Waals surface area (Å²) < 4.78 is 5.60. The predicted molar refractivity (Wildman–Crippen MR) is 102 cm³/mol. The van der Waals surface area contributed by atoms with Crippen molar-refractivity contribution in [2.24, 2.45) is 0 Å². The Morgan fingerprint density at radius 1 is 0.800 bits per heavy atom. The summed E-state index contributed by atoms with van der Waals surface area (Å²) in [4.78, 5) is 12.1. The number of hydrogen-bond donors (Lipinski definition) is 1. The number of para-hydroxylation sites is 1. The van der Waals surface area contributed by atoms with Crippen LogP contribution in [-0.4, -0.2) is 12.5 Å². The molecule has 0 saturated heterocycles. The van der Waals surface area contributed by atoms with Crippen molar-refractivity contribution in [2.75, 3.05) is 11.9 Å². The molecule has 0 fully saturated rings. The van der Waals surface area contributed by atoms with Crippen molar-refractivity contribution < 1.29 is 9.53 Å². The van der Waals surface area contributed by atoms with Gasteiger partial charge in [0.05, 0.1) is 0 Å². The van der Waals surface area contributed by atoms with E-state index in [0.29, 0.717) is 5.75 Å². The Kier molecular flexibility index (Phi) is 5.14. The number of rotatable bonds is 5. The van der Waals surface area contributed by atoms with Crippen molar-refractivity contribution in [2.45, 2.75) is 13.8 Å². The smallest absolute Gasteiger partial charge is 0.262 e. The van der Waals surface area contributed by atoms with Crippen LogP contribution in [0.15, 0.2) is 72.8 Å². The molecule has 0 saturated carbocycles. The molecule has 0 aromatic heterocycles. The third-order valence-electron chi connectivity index (χ3n) is 4.08. The highest BCUT2D eigenvalue weighted by Gasteiger charge is 2.08. The molecule has 25 heavy (non-hydrogen) atoms. The zero-order valence-corrected chi connectivity index (χ0v) is 14.5. The first-order chi connectivity index (χ1) is 12.1. The first kappa shape index (κ1) is 16.8. The Morgan fingerprint density at radius 3 is 2.04 bits per heavy atom. The summed E-state index contributed by atoms with van der Waals surface area (Å²) in [7, 11) is 0. The summed E-state index contributed by atoms with van der Waals surface area (Å²) in [6.45, 7) is 3.94. The Hall–Kier alpha value is -3.07. The second-order valence-electron chi connectivity index (χ2n) is 5.99. The Labute approximate surface area is 148 Å². The molecule has 3 aromatic carbocycles. The van der Waals surface area contributed by atoms with E-state index in [2.05, 4.69) is 17.4 Å². The van der Waals surface area contributed by atoms with Crippen LogP contribution in [0.4, 0.5) is 5.69 Å². The Balaban J connectivity index is 1.59. The molecule has 0 atom stereocenters. The molecule has 0 spiro atoms. The number of amides is 1.